The Bertz CT molecular complexity index is 452. The highest BCUT2D eigenvalue weighted by Gasteiger charge is 2.27. The number of cyclic esters (lactones) is 1. The molecule has 3 atom stereocenters. The fraction of sp³-hybridized carbons (Fsp3) is 0.667. The molecule has 1 heterocycles. The van der Waals surface area contributed by atoms with E-state index in [1.807, 2.05) is 32.1 Å². The van der Waals surface area contributed by atoms with Crippen LogP contribution < -0.4 is 0 Å². The molecule has 1 aliphatic heterocycles. The van der Waals surface area contributed by atoms with E-state index in [4.69, 9.17) is 14.2 Å². The quantitative estimate of drug-likeness (QED) is 0.576. The van der Waals surface area contributed by atoms with Crippen LogP contribution in [0, 0.1) is 5.92 Å². The van der Waals surface area contributed by atoms with E-state index in [0.29, 0.717) is 6.42 Å². The zero-order valence-corrected chi connectivity index (χ0v) is 14.5. The van der Waals surface area contributed by atoms with Crippen LogP contribution in [0.1, 0.15) is 46.5 Å². The van der Waals surface area contributed by atoms with Crippen LogP contribution in [-0.2, 0) is 23.8 Å². The second-order valence-electron chi connectivity index (χ2n) is 5.98. The SMILES string of the molecule is CO[C@H]1/C=C/CCCCC(=O)OC/C(C)=C\C(C)[C@@H]1OC(C)=O. The molecule has 130 valence electrons. The molecule has 0 aliphatic carbocycles. The zero-order valence-electron chi connectivity index (χ0n) is 14.5. The molecule has 5 nitrogen and oxygen atoms in total. The van der Waals surface area contributed by atoms with Crippen LogP contribution in [0.5, 0.6) is 0 Å². The number of carbonyl (C=O) groups excluding carboxylic acids is 2. The molecule has 23 heavy (non-hydrogen) atoms. The third-order valence-electron chi connectivity index (χ3n) is 3.75. The molecule has 0 saturated carbocycles. The lowest BCUT2D eigenvalue weighted by Gasteiger charge is -2.27. The molecule has 0 fully saturated rings. The van der Waals surface area contributed by atoms with Crippen molar-refractivity contribution in [3.63, 3.8) is 0 Å². The zero-order chi connectivity index (χ0) is 17.2. The molecule has 1 unspecified atom stereocenters. The maximum Gasteiger partial charge on any atom is 0.306 e. The lowest BCUT2D eigenvalue weighted by atomic mass is 9.96. The molecule has 5 heteroatoms. The number of hydrogen-bond donors (Lipinski definition) is 0. The summed E-state index contributed by atoms with van der Waals surface area (Å²) in [6, 6.07) is 0. The minimum absolute atomic E-state index is 0.0601. The second kappa shape index (κ2) is 10.2. The average Bonchev–Trinajstić information content (AvgIpc) is 2.49. The topological polar surface area (TPSA) is 61.8 Å². The fourth-order valence-corrected chi connectivity index (χ4v) is 2.61. The van der Waals surface area contributed by atoms with Crippen molar-refractivity contribution >= 4 is 11.9 Å². The molecule has 0 bridgehead atoms. The van der Waals surface area contributed by atoms with Crippen LogP contribution in [0.15, 0.2) is 23.8 Å². The van der Waals surface area contributed by atoms with E-state index in [1.54, 1.807) is 7.11 Å². The highest BCUT2D eigenvalue weighted by Crippen LogP contribution is 2.20. The Kier molecular flexibility index (Phi) is 8.62. The first-order valence-electron chi connectivity index (χ1n) is 8.13. The molecule has 0 aromatic carbocycles. The molecule has 0 saturated heterocycles. The van der Waals surface area contributed by atoms with Crippen molar-refractivity contribution in [2.45, 2.75) is 58.7 Å². The van der Waals surface area contributed by atoms with Crippen molar-refractivity contribution in [2.24, 2.45) is 5.92 Å². The number of methoxy groups -OCH3 is 1. The van der Waals surface area contributed by atoms with Gasteiger partial charge in [0, 0.05) is 26.4 Å². The first-order valence-corrected chi connectivity index (χ1v) is 8.13. The maximum atomic E-state index is 11.6. The van der Waals surface area contributed by atoms with Gasteiger partial charge in [-0.05, 0) is 31.8 Å². The molecular weight excluding hydrogens is 296 g/mol. The van der Waals surface area contributed by atoms with Gasteiger partial charge in [0.25, 0.3) is 0 Å². The predicted molar refractivity (Wildman–Crippen MR) is 87.8 cm³/mol. The molecule has 0 aromatic heterocycles. The Morgan fingerprint density at radius 1 is 1.35 bits per heavy atom. The minimum Gasteiger partial charge on any atom is -0.461 e. The van der Waals surface area contributed by atoms with Gasteiger partial charge in [-0.2, -0.15) is 0 Å². The van der Waals surface area contributed by atoms with Crippen LogP contribution in [0.4, 0.5) is 0 Å². The Morgan fingerprint density at radius 2 is 2.09 bits per heavy atom. The van der Waals surface area contributed by atoms with Gasteiger partial charge in [-0.1, -0.05) is 25.2 Å². The van der Waals surface area contributed by atoms with Crippen LogP contribution in [-0.4, -0.2) is 37.9 Å². The summed E-state index contributed by atoms with van der Waals surface area (Å²) < 4.78 is 16.2. The van der Waals surface area contributed by atoms with Gasteiger partial charge in [-0.25, -0.2) is 0 Å². The highest BCUT2D eigenvalue weighted by molar-refractivity contribution is 5.69. The van der Waals surface area contributed by atoms with Crippen molar-refractivity contribution in [3.05, 3.63) is 23.8 Å². The van der Waals surface area contributed by atoms with Gasteiger partial charge < -0.3 is 14.2 Å². The molecule has 0 radical (unpaired) electrons. The molecule has 1 aliphatic rings. The van der Waals surface area contributed by atoms with E-state index in [0.717, 1.165) is 24.8 Å². The van der Waals surface area contributed by atoms with Crippen molar-refractivity contribution in [2.75, 3.05) is 13.7 Å². The first-order chi connectivity index (χ1) is 10.9. The van der Waals surface area contributed by atoms with E-state index in [2.05, 4.69) is 0 Å². The molecule has 1 rings (SSSR count). The van der Waals surface area contributed by atoms with Crippen LogP contribution in [0.3, 0.4) is 0 Å². The standard InChI is InChI=1S/C18H28O5/c1-13-11-14(2)18(23-15(3)19)16(21-4)9-7-5-6-8-10-17(20)22-12-13/h7,9,11,14,16,18H,5-6,8,10,12H2,1-4H3/b9-7+,13-11-/t14?,16-,18-/m0/s1. The number of hydrogen-bond acceptors (Lipinski definition) is 5. The summed E-state index contributed by atoms with van der Waals surface area (Å²) in [6.45, 7) is 5.53. The largest absolute Gasteiger partial charge is 0.461 e. The van der Waals surface area contributed by atoms with Gasteiger partial charge in [0.1, 0.15) is 18.8 Å². The van der Waals surface area contributed by atoms with Crippen molar-refractivity contribution in [1.29, 1.82) is 0 Å². The molecule has 0 amide bonds. The molecular formula is C18H28O5. The predicted octanol–water partition coefficient (Wildman–Crippen LogP) is 3.19. The van der Waals surface area contributed by atoms with Gasteiger partial charge in [0.15, 0.2) is 0 Å². The van der Waals surface area contributed by atoms with Crippen molar-refractivity contribution < 1.29 is 23.8 Å². The number of rotatable bonds is 2. The molecule has 0 N–H and O–H groups in total. The lowest BCUT2D eigenvalue weighted by Crippen LogP contribution is -2.36. The summed E-state index contributed by atoms with van der Waals surface area (Å²) in [6.07, 6.45) is 8.21. The van der Waals surface area contributed by atoms with E-state index in [-0.39, 0.29) is 30.6 Å². The third kappa shape index (κ3) is 7.46. The summed E-state index contributed by atoms with van der Waals surface area (Å²) in [5, 5.41) is 0. The number of carbonyl (C=O) groups is 2. The van der Waals surface area contributed by atoms with Crippen molar-refractivity contribution in [1.82, 2.24) is 0 Å². The number of allylic oxidation sites excluding steroid dienone is 1. The van der Waals surface area contributed by atoms with Gasteiger partial charge in [0.2, 0.25) is 0 Å². The van der Waals surface area contributed by atoms with Gasteiger partial charge >= 0.3 is 11.9 Å². The van der Waals surface area contributed by atoms with E-state index < -0.39 is 6.10 Å². The Labute approximate surface area is 138 Å². The molecule has 0 aromatic rings. The summed E-state index contributed by atoms with van der Waals surface area (Å²) in [5.41, 5.74) is 0.930. The Hall–Kier alpha value is -1.62. The minimum atomic E-state index is -0.414. The van der Waals surface area contributed by atoms with Gasteiger partial charge in [-0.15, -0.1) is 0 Å². The van der Waals surface area contributed by atoms with Crippen LogP contribution >= 0.6 is 0 Å². The maximum absolute atomic E-state index is 11.6. The van der Waals surface area contributed by atoms with Crippen molar-refractivity contribution in [3.8, 4) is 0 Å². The normalized spacial score (nSPS) is 31.2. The van der Waals surface area contributed by atoms with Crippen LogP contribution in [0.2, 0.25) is 0 Å². The average molecular weight is 324 g/mol. The number of esters is 2. The summed E-state index contributed by atoms with van der Waals surface area (Å²) in [7, 11) is 1.61. The number of ether oxygens (including phenoxy) is 3. The smallest absolute Gasteiger partial charge is 0.306 e. The monoisotopic (exact) mass is 324 g/mol. The lowest BCUT2D eigenvalue weighted by molar-refractivity contribution is -0.154. The van der Waals surface area contributed by atoms with E-state index >= 15 is 0 Å². The molecule has 0 spiro atoms. The van der Waals surface area contributed by atoms with Gasteiger partial charge in [0.05, 0.1) is 0 Å². The summed E-state index contributed by atoms with van der Waals surface area (Å²) >= 11 is 0. The summed E-state index contributed by atoms with van der Waals surface area (Å²) in [4.78, 5) is 23.1. The van der Waals surface area contributed by atoms with Gasteiger partial charge in [-0.3, -0.25) is 9.59 Å². The first kappa shape index (κ1) is 19.4. The third-order valence-corrected chi connectivity index (χ3v) is 3.75. The van der Waals surface area contributed by atoms with E-state index in [1.165, 1.54) is 6.92 Å². The second-order valence-corrected chi connectivity index (χ2v) is 5.98. The Morgan fingerprint density at radius 3 is 2.74 bits per heavy atom. The Balaban J connectivity index is 2.97. The van der Waals surface area contributed by atoms with Crippen LogP contribution in [0.25, 0.3) is 0 Å². The highest BCUT2D eigenvalue weighted by atomic mass is 16.6. The summed E-state index contributed by atoms with van der Waals surface area (Å²) in [5.74, 6) is -0.566. The van der Waals surface area contributed by atoms with E-state index in [9.17, 15) is 9.59 Å². The fourth-order valence-electron chi connectivity index (χ4n) is 2.61.